The van der Waals surface area contributed by atoms with Crippen LogP contribution in [0.1, 0.15) is 32.8 Å². The molecule has 0 amide bonds. The molecule has 19 heavy (non-hydrogen) atoms. The van der Waals surface area contributed by atoms with Crippen LogP contribution in [0.2, 0.25) is 0 Å². The second-order valence-electron chi connectivity index (χ2n) is 5.15. The third-order valence-corrected chi connectivity index (χ3v) is 3.18. The summed E-state index contributed by atoms with van der Waals surface area (Å²) in [4.78, 5) is 11.9. The van der Waals surface area contributed by atoms with Crippen LogP contribution in [0, 0.1) is 0 Å². The van der Waals surface area contributed by atoms with E-state index in [0.717, 1.165) is 36.4 Å². The molecule has 0 saturated heterocycles. The Labute approximate surface area is 114 Å². The third-order valence-electron chi connectivity index (χ3n) is 3.18. The van der Waals surface area contributed by atoms with Crippen LogP contribution < -0.4 is 10.1 Å². The average molecular weight is 263 g/mol. The lowest BCUT2D eigenvalue weighted by atomic mass is 10.0. The van der Waals surface area contributed by atoms with Gasteiger partial charge in [-0.15, -0.1) is 0 Å². The molecule has 0 aliphatic carbocycles. The first-order valence-electron chi connectivity index (χ1n) is 6.76. The number of hydrogen-bond acceptors (Lipinski definition) is 4. The number of carbonyl (C=O) groups is 1. The first-order chi connectivity index (χ1) is 9.04. The van der Waals surface area contributed by atoms with Gasteiger partial charge in [0, 0.05) is 17.8 Å². The Balaban J connectivity index is 2.21. The topological polar surface area (TPSA) is 47.6 Å². The minimum atomic E-state index is -0.970. The fourth-order valence-corrected chi connectivity index (χ4v) is 2.19. The maximum atomic E-state index is 11.9. The van der Waals surface area contributed by atoms with Crippen LogP contribution in [0.5, 0.6) is 5.75 Å². The van der Waals surface area contributed by atoms with E-state index in [2.05, 4.69) is 5.32 Å². The van der Waals surface area contributed by atoms with Crippen LogP contribution in [-0.2, 0) is 16.0 Å². The number of esters is 1. The molecular formula is C15H21NO3. The van der Waals surface area contributed by atoms with Crippen LogP contribution >= 0.6 is 0 Å². The number of benzene rings is 1. The summed E-state index contributed by atoms with van der Waals surface area (Å²) >= 11 is 0. The Bertz CT molecular complexity index is 468. The first kappa shape index (κ1) is 13.7. The van der Waals surface area contributed by atoms with Crippen molar-refractivity contribution in [1.29, 1.82) is 0 Å². The largest absolute Gasteiger partial charge is 0.476 e. The smallest absolute Gasteiger partial charge is 0.349 e. The second kappa shape index (κ2) is 5.51. The Morgan fingerprint density at radius 3 is 2.95 bits per heavy atom. The van der Waals surface area contributed by atoms with Crippen LogP contribution in [0.4, 0.5) is 5.69 Å². The minimum Gasteiger partial charge on any atom is -0.476 e. The average Bonchev–Trinajstić information content (AvgIpc) is 2.39. The maximum Gasteiger partial charge on any atom is 0.349 e. The van der Waals surface area contributed by atoms with Crippen molar-refractivity contribution < 1.29 is 14.3 Å². The van der Waals surface area contributed by atoms with Gasteiger partial charge in [0.1, 0.15) is 5.75 Å². The number of fused-ring (bicyclic) bond motifs is 1. The summed E-state index contributed by atoms with van der Waals surface area (Å²) in [5, 5.41) is 3.35. The number of hydrogen-bond donors (Lipinski definition) is 1. The standard InChI is InChI=1S/C15H21NO3/c1-4-18-14(17)15(2,3)19-13-9-5-8-12-11(13)7-6-10-16-12/h5,8-9,16H,4,6-7,10H2,1-3H3. The number of nitrogens with one attached hydrogen (secondary N) is 1. The molecule has 1 aromatic rings. The molecule has 0 atom stereocenters. The van der Waals surface area contributed by atoms with Crippen molar-refractivity contribution in [3.05, 3.63) is 23.8 Å². The van der Waals surface area contributed by atoms with Gasteiger partial charge in [0.15, 0.2) is 5.60 Å². The van der Waals surface area contributed by atoms with Gasteiger partial charge in [-0.05, 0) is 45.7 Å². The lowest BCUT2D eigenvalue weighted by molar-refractivity contribution is -0.158. The van der Waals surface area contributed by atoms with Gasteiger partial charge in [-0.2, -0.15) is 0 Å². The van der Waals surface area contributed by atoms with E-state index in [9.17, 15) is 4.79 Å². The van der Waals surface area contributed by atoms with E-state index >= 15 is 0 Å². The molecule has 1 aromatic carbocycles. The van der Waals surface area contributed by atoms with Crippen LogP contribution in [-0.4, -0.2) is 24.7 Å². The SMILES string of the molecule is CCOC(=O)C(C)(C)Oc1cccc2c1CCCN2. The Morgan fingerprint density at radius 2 is 2.21 bits per heavy atom. The van der Waals surface area contributed by atoms with E-state index in [4.69, 9.17) is 9.47 Å². The first-order valence-corrected chi connectivity index (χ1v) is 6.76. The van der Waals surface area contributed by atoms with Crippen molar-refractivity contribution in [2.75, 3.05) is 18.5 Å². The summed E-state index contributed by atoms with van der Waals surface area (Å²) in [6.45, 7) is 6.61. The van der Waals surface area contributed by atoms with Gasteiger partial charge in [0.2, 0.25) is 0 Å². The predicted octanol–water partition coefficient (Wildman–Crippen LogP) is 2.77. The molecule has 0 fully saturated rings. The number of carbonyl (C=O) groups excluding carboxylic acids is 1. The van der Waals surface area contributed by atoms with Gasteiger partial charge in [0.05, 0.1) is 6.61 Å². The molecular weight excluding hydrogens is 242 g/mol. The summed E-state index contributed by atoms with van der Waals surface area (Å²) in [7, 11) is 0. The zero-order chi connectivity index (χ0) is 13.9. The molecule has 1 heterocycles. The molecule has 0 saturated carbocycles. The zero-order valence-corrected chi connectivity index (χ0v) is 11.8. The van der Waals surface area contributed by atoms with Crippen LogP contribution in [0.3, 0.4) is 0 Å². The highest BCUT2D eigenvalue weighted by molar-refractivity contribution is 5.79. The van der Waals surface area contributed by atoms with Gasteiger partial charge in [0.25, 0.3) is 0 Å². The summed E-state index contributed by atoms with van der Waals surface area (Å²) in [5.41, 5.74) is 1.28. The molecule has 0 aromatic heterocycles. The molecule has 0 unspecified atom stereocenters. The maximum absolute atomic E-state index is 11.9. The highest BCUT2D eigenvalue weighted by Crippen LogP contribution is 2.33. The van der Waals surface area contributed by atoms with E-state index in [1.165, 1.54) is 0 Å². The fraction of sp³-hybridized carbons (Fsp3) is 0.533. The van der Waals surface area contributed by atoms with Crippen LogP contribution in [0.25, 0.3) is 0 Å². The molecule has 2 rings (SSSR count). The van der Waals surface area contributed by atoms with Gasteiger partial charge < -0.3 is 14.8 Å². The lowest BCUT2D eigenvalue weighted by Gasteiger charge is -2.27. The highest BCUT2D eigenvalue weighted by atomic mass is 16.6. The van der Waals surface area contributed by atoms with E-state index in [1.54, 1.807) is 20.8 Å². The van der Waals surface area contributed by atoms with Crippen molar-refractivity contribution >= 4 is 11.7 Å². The molecule has 4 heteroatoms. The van der Waals surface area contributed by atoms with Crippen LogP contribution in [0.15, 0.2) is 18.2 Å². The number of anilines is 1. The quantitative estimate of drug-likeness (QED) is 0.849. The molecule has 0 radical (unpaired) electrons. The van der Waals surface area contributed by atoms with Crippen molar-refractivity contribution in [2.24, 2.45) is 0 Å². The van der Waals surface area contributed by atoms with E-state index in [0.29, 0.717) is 6.61 Å². The third kappa shape index (κ3) is 3.00. The summed E-state index contributed by atoms with van der Waals surface area (Å²) in [6.07, 6.45) is 2.05. The zero-order valence-electron chi connectivity index (χ0n) is 11.8. The van der Waals surface area contributed by atoms with Gasteiger partial charge in [-0.25, -0.2) is 4.79 Å². The number of ether oxygens (including phenoxy) is 2. The summed E-state index contributed by atoms with van der Waals surface area (Å²) in [5.74, 6) is 0.430. The van der Waals surface area contributed by atoms with Crippen molar-refractivity contribution in [3.63, 3.8) is 0 Å². The molecule has 0 spiro atoms. The van der Waals surface area contributed by atoms with Crippen molar-refractivity contribution in [3.8, 4) is 5.75 Å². The fourth-order valence-electron chi connectivity index (χ4n) is 2.19. The molecule has 1 aliphatic rings. The van der Waals surface area contributed by atoms with Gasteiger partial charge >= 0.3 is 5.97 Å². The Morgan fingerprint density at radius 1 is 1.42 bits per heavy atom. The number of rotatable bonds is 4. The summed E-state index contributed by atoms with van der Waals surface area (Å²) in [6, 6.07) is 5.89. The molecule has 1 N–H and O–H groups in total. The molecule has 1 aliphatic heterocycles. The van der Waals surface area contributed by atoms with Crippen molar-refractivity contribution in [2.45, 2.75) is 39.2 Å². The monoisotopic (exact) mass is 263 g/mol. The highest BCUT2D eigenvalue weighted by Gasteiger charge is 2.32. The second-order valence-corrected chi connectivity index (χ2v) is 5.15. The summed E-state index contributed by atoms with van der Waals surface area (Å²) < 4.78 is 10.9. The van der Waals surface area contributed by atoms with Gasteiger partial charge in [-0.1, -0.05) is 6.07 Å². The molecule has 0 bridgehead atoms. The minimum absolute atomic E-state index is 0.337. The van der Waals surface area contributed by atoms with Crippen molar-refractivity contribution in [1.82, 2.24) is 0 Å². The Hall–Kier alpha value is -1.71. The lowest BCUT2D eigenvalue weighted by Crippen LogP contribution is -2.40. The predicted molar refractivity (Wildman–Crippen MR) is 74.6 cm³/mol. The van der Waals surface area contributed by atoms with E-state index in [1.807, 2.05) is 18.2 Å². The molecule has 104 valence electrons. The van der Waals surface area contributed by atoms with Gasteiger partial charge in [-0.3, -0.25) is 0 Å². The Kier molecular flexibility index (Phi) is 3.98. The van der Waals surface area contributed by atoms with E-state index < -0.39 is 5.60 Å². The molecule has 4 nitrogen and oxygen atoms in total. The normalized spacial score (nSPS) is 14.3. The van der Waals surface area contributed by atoms with E-state index in [-0.39, 0.29) is 5.97 Å².